The maximum Gasteiger partial charge on any atom is 0.298 e. The maximum absolute atomic E-state index is 11.7. The van der Waals surface area contributed by atoms with Crippen molar-refractivity contribution in [2.45, 2.75) is 69.6 Å². The lowest BCUT2D eigenvalue weighted by molar-refractivity contribution is 0.434. The number of aromatic hydroxyl groups is 1. The maximum atomic E-state index is 11.7. The summed E-state index contributed by atoms with van der Waals surface area (Å²) in [5, 5.41) is 10.2. The predicted molar refractivity (Wildman–Crippen MR) is 111 cm³/mol. The highest BCUT2D eigenvalue weighted by atomic mass is 32.2. The van der Waals surface area contributed by atoms with Crippen LogP contribution in [0.1, 0.15) is 63.9 Å². The minimum absolute atomic E-state index is 0.0149. The van der Waals surface area contributed by atoms with Crippen molar-refractivity contribution in [3.05, 3.63) is 48.0 Å². The van der Waals surface area contributed by atoms with Crippen LogP contribution in [0.25, 0.3) is 0 Å². The Balaban J connectivity index is 2.03. The van der Waals surface area contributed by atoms with Gasteiger partial charge in [-0.25, -0.2) is 0 Å². The Morgan fingerprint density at radius 1 is 0.893 bits per heavy atom. The molecule has 0 saturated heterocycles. The van der Waals surface area contributed by atoms with Crippen molar-refractivity contribution in [1.29, 1.82) is 0 Å². The lowest BCUT2D eigenvalue weighted by atomic mass is 10.0. The summed E-state index contributed by atoms with van der Waals surface area (Å²) in [5.41, 5.74) is 0.615. The van der Waals surface area contributed by atoms with E-state index in [2.05, 4.69) is 6.92 Å². The van der Waals surface area contributed by atoms with Crippen LogP contribution in [-0.4, -0.2) is 18.1 Å². The number of benzene rings is 2. The summed E-state index contributed by atoms with van der Waals surface area (Å²) >= 11 is 0. The highest BCUT2D eigenvalue weighted by molar-refractivity contribution is 7.86. The van der Waals surface area contributed by atoms with Gasteiger partial charge in [0.2, 0.25) is 0 Å². The molecule has 5 nitrogen and oxygen atoms in total. The van der Waals surface area contributed by atoms with Crippen LogP contribution in [0.2, 0.25) is 0 Å². The predicted octanol–water partition coefficient (Wildman–Crippen LogP) is 6.11. The fourth-order valence-corrected chi connectivity index (χ4v) is 3.75. The molecule has 0 bridgehead atoms. The normalized spacial score (nSPS) is 11.5. The van der Waals surface area contributed by atoms with Crippen molar-refractivity contribution >= 4 is 10.1 Å². The average Bonchev–Trinajstić information content (AvgIpc) is 2.66. The molecule has 2 aromatic rings. The molecule has 28 heavy (non-hydrogen) atoms. The van der Waals surface area contributed by atoms with Gasteiger partial charge in [-0.3, -0.25) is 4.55 Å². The Morgan fingerprint density at radius 3 is 2.11 bits per heavy atom. The van der Waals surface area contributed by atoms with Gasteiger partial charge in [0.05, 0.1) is 0 Å². The average molecular weight is 407 g/mol. The molecule has 6 heteroatoms. The molecule has 0 radical (unpaired) electrons. The number of ether oxygens (including phenoxy) is 1. The first-order valence-corrected chi connectivity index (χ1v) is 11.4. The molecule has 0 unspecified atom stereocenters. The highest BCUT2D eigenvalue weighted by Crippen LogP contribution is 2.35. The molecule has 0 aliphatic rings. The largest absolute Gasteiger partial charge is 0.508 e. The second-order valence-corrected chi connectivity index (χ2v) is 8.43. The number of aryl methyl sites for hydroxylation is 1. The van der Waals surface area contributed by atoms with Gasteiger partial charge in [-0.05, 0) is 36.6 Å². The monoisotopic (exact) mass is 406 g/mol. The van der Waals surface area contributed by atoms with Crippen molar-refractivity contribution in [2.24, 2.45) is 0 Å². The third-order valence-electron chi connectivity index (χ3n) is 4.69. The van der Waals surface area contributed by atoms with E-state index in [0.717, 1.165) is 25.3 Å². The molecular weight excluding hydrogens is 376 g/mol. The summed E-state index contributed by atoms with van der Waals surface area (Å²) in [4.78, 5) is -0.437. The fraction of sp³-hybridized carbons (Fsp3) is 0.455. The van der Waals surface area contributed by atoms with Crippen molar-refractivity contribution in [2.75, 3.05) is 0 Å². The van der Waals surface area contributed by atoms with Crippen molar-refractivity contribution < 1.29 is 22.8 Å². The lowest BCUT2D eigenvalue weighted by Crippen LogP contribution is -2.02. The molecule has 0 aliphatic carbocycles. The van der Waals surface area contributed by atoms with Crippen LogP contribution in [0.4, 0.5) is 0 Å². The van der Waals surface area contributed by atoms with Crippen molar-refractivity contribution in [3.8, 4) is 17.2 Å². The van der Waals surface area contributed by atoms with Gasteiger partial charge in [-0.1, -0.05) is 70.1 Å². The standard InChI is InChI=1S/C22H30O5S/c1-2-3-4-5-6-7-8-10-13-18-16-21(27-19-14-11-9-12-15-19)22(17-20(18)23)28(24,25)26/h9,11-12,14-17,23H,2-8,10,13H2,1H3,(H,24,25,26). The number of para-hydroxylation sites is 1. The first kappa shape index (κ1) is 22.2. The zero-order chi connectivity index (χ0) is 20.4. The molecule has 154 valence electrons. The molecule has 0 amide bonds. The molecule has 2 rings (SSSR count). The minimum atomic E-state index is -4.52. The number of hydrogen-bond donors (Lipinski definition) is 2. The Labute approximate surface area is 168 Å². The Kier molecular flexibility index (Phi) is 8.80. The number of unbranched alkanes of at least 4 members (excludes halogenated alkanes) is 7. The third-order valence-corrected chi connectivity index (χ3v) is 5.57. The first-order chi connectivity index (χ1) is 13.4. The molecule has 0 aromatic heterocycles. The molecule has 2 aromatic carbocycles. The Morgan fingerprint density at radius 2 is 1.50 bits per heavy atom. The van der Waals surface area contributed by atoms with E-state index in [0.29, 0.717) is 17.7 Å². The molecule has 2 N–H and O–H groups in total. The van der Waals surface area contributed by atoms with Gasteiger partial charge in [0.25, 0.3) is 10.1 Å². The summed E-state index contributed by atoms with van der Waals surface area (Å²) in [6, 6.07) is 11.3. The number of hydrogen-bond acceptors (Lipinski definition) is 4. The van der Waals surface area contributed by atoms with Gasteiger partial charge in [-0.15, -0.1) is 0 Å². The highest BCUT2D eigenvalue weighted by Gasteiger charge is 2.21. The molecule has 0 atom stereocenters. The van der Waals surface area contributed by atoms with E-state index in [4.69, 9.17) is 4.74 Å². The van der Waals surface area contributed by atoms with Gasteiger partial charge in [-0.2, -0.15) is 8.42 Å². The van der Waals surface area contributed by atoms with Crippen LogP contribution >= 0.6 is 0 Å². The summed E-state index contributed by atoms with van der Waals surface area (Å²) in [5.74, 6) is 0.327. The van der Waals surface area contributed by atoms with Crippen molar-refractivity contribution in [1.82, 2.24) is 0 Å². The first-order valence-electron chi connectivity index (χ1n) is 9.98. The number of phenolic OH excluding ortho intramolecular Hbond substituents is 1. The van der Waals surface area contributed by atoms with E-state index < -0.39 is 15.0 Å². The van der Waals surface area contributed by atoms with Crippen LogP contribution in [0.5, 0.6) is 17.2 Å². The van der Waals surface area contributed by atoms with E-state index >= 15 is 0 Å². The number of rotatable bonds is 12. The van der Waals surface area contributed by atoms with Crippen molar-refractivity contribution in [3.63, 3.8) is 0 Å². The third kappa shape index (κ3) is 7.17. The zero-order valence-electron chi connectivity index (χ0n) is 16.4. The Hall–Kier alpha value is -2.05. The van der Waals surface area contributed by atoms with Gasteiger partial charge < -0.3 is 9.84 Å². The van der Waals surface area contributed by atoms with Gasteiger partial charge in [0, 0.05) is 6.07 Å². The summed E-state index contributed by atoms with van der Waals surface area (Å²) in [7, 11) is -4.52. The van der Waals surface area contributed by atoms with Crippen LogP contribution < -0.4 is 4.74 Å². The fourth-order valence-electron chi connectivity index (χ4n) is 3.14. The summed E-state index contributed by atoms with van der Waals surface area (Å²) < 4.78 is 38.5. The van der Waals surface area contributed by atoms with E-state index in [1.165, 1.54) is 38.2 Å². The summed E-state index contributed by atoms with van der Waals surface area (Å²) in [6.07, 6.45) is 10.0. The zero-order valence-corrected chi connectivity index (χ0v) is 17.2. The minimum Gasteiger partial charge on any atom is -0.508 e. The van der Waals surface area contributed by atoms with E-state index in [1.54, 1.807) is 24.3 Å². The topological polar surface area (TPSA) is 83.8 Å². The molecular formula is C22H30O5S. The van der Waals surface area contributed by atoms with Crippen LogP contribution in [-0.2, 0) is 16.5 Å². The molecule has 0 saturated carbocycles. The number of phenols is 1. The van der Waals surface area contributed by atoms with E-state index in [1.807, 2.05) is 6.07 Å². The molecule has 0 heterocycles. The lowest BCUT2D eigenvalue weighted by Gasteiger charge is -2.13. The smallest absolute Gasteiger partial charge is 0.298 e. The van der Waals surface area contributed by atoms with Gasteiger partial charge >= 0.3 is 0 Å². The molecule has 0 aliphatic heterocycles. The Bertz CT molecular complexity index is 832. The van der Waals surface area contributed by atoms with Gasteiger partial charge in [0.15, 0.2) is 0 Å². The quantitative estimate of drug-likeness (QED) is 0.328. The van der Waals surface area contributed by atoms with E-state index in [-0.39, 0.29) is 11.5 Å². The molecule has 0 fully saturated rings. The van der Waals surface area contributed by atoms with Crippen LogP contribution in [0.3, 0.4) is 0 Å². The summed E-state index contributed by atoms with van der Waals surface area (Å²) in [6.45, 7) is 2.20. The SMILES string of the molecule is CCCCCCCCCCc1cc(Oc2ccccc2)c(S(=O)(=O)O)cc1O. The second-order valence-electron chi connectivity index (χ2n) is 7.04. The van der Waals surface area contributed by atoms with Crippen LogP contribution in [0.15, 0.2) is 47.4 Å². The second kappa shape index (κ2) is 11.1. The molecule has 0 spiro atoms. The van der Waals surface area contributed by atoms with Crippen LogP contribution in [0, 0.1) is 0 Å². The van der Waals surface area contributed by atoms with Gasteiger partial charge in [0.1, 0.15) is 22.1 Å². The van der Waals surface area contributed by atoms with E-state index in [9.17, 15) is 18.1 Å².